The number of hydrogen-bond acceptors (Lipinski definition) is 4. The third-order valence-corrected chi connectivity index (χ3v) is 4.36. The van der Waals surface area contributed by atoms with E-state index in [2.05, 4.69) is 0 Å². The Morgan fingerprint density at radius 2 is 1.79 bits per heavy atom. The van der Waals surface area contributed by atoms with Crippen LogP contribution in [-0.4, -0.2) is 24.1 Å². The van der Waals surface area contributed by atoms with Gasteiger partial charge in [0.25, 0.3) is 0 Å². The summed E-state index contributed by atoms with van der Waals surface area (Å²) in [6.45, 7) is 0. The number of ether oxygens (including phenoxy) is 2. The highest BCUT2D eigenvalue weighted by molar-refractivity contribution is 5.82. The first kappa shape index (κ1) is 7.26. The number of esters is 2. The molecule has 2 saturated carbocycles. The van der Waals surface area contributed by atoms with Gasteiger partial charge in [-0.05, 0) is 18.8 Å². The zero-order valence-corrected chi connectivity index (χ0v) is 7.51. The van der Waals surface area contributed by atoms with Crippen LogP contribution in [0.2, 0.25) is 0 Å². The van der Waals surface area contributed by atoms with E-state index in [1.165, 1.54) is 0 Å². The number of hydrogen-bond donors (Lipinski definition) is 0. The summed E-state index contributed by atoms with van der Waals surface area (Å²) in [4.78, 5) is 23.0. The summed E-state index contributed by atoms with van der Waals surface area (Å²) in [6, 6.07) is 0. The monoisotopic (exact) mass is 194 g/mol. The number of carbonyl (C=O) groups excluding carboxylic acids is 2. The first-order chi connectivity index (χ1) is 6.75. The lowest BCUT2D eigenvalue weighted by molar-refractivity contribution is -0.165. The zero-order valence-electron chi connectivity index (χ0n) is 7.51. The lowest BCUT2D eigenvalue weighted by Gasteiger charge is -2.24. The van der Waals surface area contributed by atoms with Crippen molar-refractivity contribution in [3.8, 4) is 0 Å². The maximum absolute atomic E-state index is 11.5. The molecule has 2 heterocycles. The van der Waals surface area contributed by atoms with Crippen LogP contribution in [0.3, 0.4) is 0 Å². The van der Waals surface area contributed by atoms with Crippen molar-refractivity contribution < 1.29 is 19.1 Å². The molecule has 0 N–H and O–H groups in total. The van der Waals surface area contributed by atoms with Gasteiger partial charge in [-0.1, -0.05) is 0 Å². The predicted octanol–water partition coefficient (Wildman–Crippen LogP) is 0.109. The van der Waals surface area contributed by atoms with E-state index < -0.39 is 0 Å². The molecule has 0 aromatic carbocycles. The van der Waals surface area contributed by atoms with E-state index in [0.29, 0.717) is 12.3 Å². The molecule has 2 aliphatic carbocycles. The molecule has 4 fully saturated rings. The molecular weight excluding hydrogens is 184 g/mol. The van der Waals surface area contributed by atoms with Crippen molar-refractivity contribution in [1.29, 1.82) is 0 Å². The van der Waals surface area contributed by atoms with Crippen molar-refractivity contribution in [2.45, 2.75) is 25.0 Å². The molecule has 0 aromatic rings. The number of rotatable bonds is 0. The quantitative estimate of drug-likeness (QED) is 0.513. The minimum atomic E-state index is -0.136. The van der Waals surface area contributed by atoms with Gasteiger partial charge in [0.05, 0.1) is 11.8 Å². The molecule has 4 nitrogen and oxygen atoms in total. The Hall–Kier alpha value is -1.06. The van der Waals surface area contributed by atoms with Gasteiger partial charge in [0.2, 0.25) is 0 Å². The predicted molar refractivity (Wildman–Crippen MR) is 43.0 cm³/mol. The van der Waals surface area contributed by atoms with Gasteiger partial charge in [-0.15, -0.1) is 0 Å². The van der Waals surface area contributed by atoms with Gasteiger partial charge in [-0.3, -0.25) is 9.59 Å². The Kier molecular flexibility index (Phi) is 1.02. The molecule has 6 atom stereocenters. The zero-order chi connectivity index (χ0) is 9.45. The first-order valence-corrected chi connectivity index (χ1v) is 5.16. The summed E-state index contributed by atoms with van der Waals surface area (Å²) in [7, 11) is 0. The molecule has 0 spiro atoms. The van der Waals surface area contributed by atoms with Gasteiger partial charge in [-0.2, -0.15) is 0 Å². The van der Waals surface area contributed by atoms with Crippen molar-refractivity contribution in [1.82, 2.24) is 0 Å². The third-order valence-electron chi connectivity index (χ3n) is 4.36. The molecule has 4 rings (SSSR count). The molecule has 0 radical (unpaired) electrons. The van der Waals surface area contributed by atoms with Crippen LogP contribution in [0.1, 0.15) is 12.8 Å². The fraction of sp³-hybridized carbons (Fsp3) is 0.800. The summed E-state index contributed by atoms with van der Waals surface area (Å²) in [5, 5.41) is 0. The highest BCUT2D eigenvalue weighted by Crippen LogP contribution is 2.59. The van der Waals surface area contributed by atoms with Gasteiger partial charge in [0.1, 0.15) is 12.2 Å². The molecule has 0 amide bonds. The van der Waals surface area contributed by atoms with Gasteiger partial charge in [0, 0.05) is 5.92 Å². The normalized spacial score (nSPS) is 57.4. The maximum Gasteiger partial charge on any atom is 0.309 e. The van der Waals surface area contributed by atoms with Crippen molar-refractivity contribution in [2.24, 2.45) is 23.7 Å². The van der Waals surface area contributed by atoms with E-state index in [1.807, 2.05) is 0 Å². The van der Waals surface area contributed by atoms with Crippen LogP contribution in [0, 0.1) is 23.7 Å². The van der Waals surface area contributed by atoms with Crippen LogP contribution in [0.4, 0.5) is 0 Å². The van der Waals surface area contributed by atoms with Crippen LogP contribution in [0.15, 0.2) is 0 Å². The Morgan fingerprint density at radius 1 is 1.00 bits per heavy atom. The van der Waals surface area contributed by atoms with Crippen LogP contribution in [0.25, 0.3) is 0 Å². The van der Waals surface area contributed by atoms with Gasteiger partial charge >= 0.3 is 11.9 Å². The molecule has 4 heteroatoms. The van der Waals surface area contributed by atoms with E-state index in [9.17, 15) is 9.59 Å². The fourth-order valence-corrected chi connectivity index (χ4v) is 3.87. The van der Waals surface area contributed by atoms with Gasteiger partial charge in [0.15, 0.2) is 0 Å². The summed E-state index contributed by atoms with van der Waals surface area (Å²) < 4.78 is 10.6. The lowest BCUT2D eigenvalue weighted by Crippen LogP contribution is -2.34. The van der Waals surface area contributed by atoms with Crippen molar-refractivity contribution in [3.05, 3.63) is 0 Å². The van der Waals surface area contributed by atoms with Gasteiger partial charge < -0.3 is 9.47 Å². The fourth-order valence-electron chi connectivity index (χ4n) is 3.87. The SMILES string of the molecule is O=C1O[C@H]2C[C@@H]3[C@@H]4[C@H]2OC(=O)[C@@H]4C[C@H]13. The average molecular weight is 194 g/mol. The molecule has 2 aliphatic heterocycles. The van der Waals surface area contributed by atoms with E-state index >= 15 is 0 Å². The van der Waals surface area contributed by atoms with E-state index in [-0.39, 0.29) is 41.9 Å². The van der Waals surface area contributed by atoms with Crippen LogP contribution >= 0.6 is 0 Å². The summed E-state index contributed by atoms with van der Waals surface area (Å²) in [5.74, 6) is 0.425. The standard InChI is InChI=1S/C10H10O4/c11-9-4-1-5-7-3(4)2-6(13-9)8(7)14-10(5)12/h3-8H,1-2H2/t3-,4-,5+,6-,7-,8-/m0/s1. The second-order valence-corrected chi connectivity index (χ2v) is 4.80. The van der Waals surface area contributed by atoms with Gasteiger partial charge in [-0.25, -0.2) is 0 Å². The molecule has 0 aromatic heterocycles. The molecule has 2 bridgehead atoms. The number of carbonyl (C=O) groups is 2. The highest BCUT2D eigenvalue weighted by Gasteiger charge is 2.67. The molecule has 0 unspecified atom stereocenters. The van der Waals surface area contributed by atoms with Crippen LogP contribution < -0.4 is 0 Å². The molecule has 2 saturated heterocycles. The number of fused-ring (bicyclic) bond motifs is 2. The van der Waals surface area contributed by atoms with E-state index in [4.69, 9.17) is 9.47 Å². The van der Waals surface area contributed by atoms with E-state index in [0.717, 1.165) is 6.42 Å². The Bertz CT molecular complexity index is 348. The largest absolute Gasteiger partial charge is 0.458 e. The average Bonchev–Trinajstić information content (AvgIpc) is 2.71. The lowest BCUT2D eigenvalue weighted by atomic mass is 9.90. The Labute approximate surface area is 80.6 Å². The van der Waals surface area contributed by atoms with Crippen LogP contribution in [-0.2, 0) is 19.1 Å². The van der Waals surface area contributed by atoms with Crippen molar-refractivity contribution in [3.63, 3.8) is 0 Å². The van der Waals surface area contributed by atoms with Crippen molar-refractivity contribution >= 4 is 11.9 Å². The minimum Gasteiger partial charge on any atom is -0.458 e. The molecule has 74 valence electrons. The molecular formula is C10H10O4. The van der Waals surface area contributed by atoms with Crippen molar-refractivity contribution in [2.75, 3.05) is 0 Å². The summed E-state index contributed by atoms with van der Waals surface area (Å²) in [6.07, 6.45) is 1.32. The smallest absolute Gasteiger partial charge is 0.309 e. The Balaban J connectivity index is 1.87. The minimum absolute atomic E-state index is 0.00662. The molecule has 14 heavy (non-hydrogen) atoms. The summed E-state index contributed by atoms with van der Waals surface area (Å²) >= 11 is 0. The van der Waals surface area contributed by atoms with Crippen LogP contribution in [0.5, 0.6) is 0 Å². The second kappa shape index (κ2) is 1.97. The topological polar surface area (TPSA) is 52.6 Å². The second-order valence-electron chi connectivity index (χ2n) is 4.80. The third kappa shape index (κ3) is 0.586. The van der Waals surface area contributed by atoms with E-state index in [1.54, 1.807) is 0 Å². The summed E-state index contributed by atoms with van der Waals surface area (Å²) in [5.41, 5.74) is 0. The highest BCUT2D eigenvalue weighted by atomic mass is 16.6. The maximum atomic E-state index is 11.5. The molecule has 4 aliphatic rings. The first-order valence-electron chi connectivity index (χ1n) is 5.16. The Morgan fingerprint density at radius 3 is 2.64 bits per heavy atom.